The number of likely N-dealkylation sites (tertiary alicyclic amines) is 1. The van der Waals surface area contributed by atoms with E-state index < -0.39 is 5.92 Å². The van der Waals surface area contributed by atoms with Crippen LogP contribution in [-0.4, -0.2) is 54.1 Å². The lowest BCUT2D eigenvalue weighted by Gasteiger charge is -2.15. The summed E-state index contributed by atoms with van der Waals surface area (Å²) in [6, 6.07) is 1.91. The van der Waals surface area contributed by atoms with E-state index in [2.05, 4.69) is 15.5 Å². The molecule has 9 heteroatoms. The highest BCUT2D eigenvalue weighted by atomic mass is 32.1. The van der Waals surface area contributed by atoms with Gasteiger partial charge in [0.05, 0.1) is 16.7 Å². The van der Waals surface area contributed by atoms with Crippen LogP contribution in [0.4, 0.5) is 0 Å². The average molecular weight is 364 g/mol. The summed E-state index contributed by atoms with van der Waals surface area (Å²) >= 11 is 1.41. The molecule has 1 N–H and O–H groups in total. The van der Waals surface area contributed by atoms with E-state index in [1.165, 1.54) is 11.3 Å². The minimum atomic E-state index is -0.426. The van der Waals surface area contributed by atoms with E-state index in [-0.39, 0.29) is 24.3 Å². The average Bonchev–Trinajstić information content (AvgIpc) is 3.32. The van der Waals surface area contributed by atoms with Crippen molar-refractivity contribution in [1.82, 2.24) is 20.4 Å². The Bertz CT molecular complexity index is 772. The Kier molecular flexibility index (Phi) is 5.14. The Balaban J connectivity index is 1.84. The van der Waals surface area contributed by atoms with E-state index in [1.54, 1.807) is 19.1 Å². The van der Waals surface area contributed by atoms with Gasteiger partial charge in [-0.25, -0.2) is 0 Å². The highest BCUT2D eigenvalue weighted by molar-refractivity contribution is 7.12. The maximum absolute atomic E-state index is 12.8. The number of aryl methyl sites for hydroxylation is 1. The molecular weight excluding hydrogens is 344 g/mol. The van der Waals surface area contributed by atoms with Crippen molar-refractivity contribution in [2.75, 3.05) is 27.2 Å². The van der Waals surface area contributed by atoms with Crippen LogP contribution in [0.1, 0.15) is 32.9 Å². The molecule has 8 nitrogen and oxygen atoms in total. The zero-order valence-electron chi connectivity index (χ0n) is 14.3. The van der Waals surface area contributed by atoms with Gasteiger partial charge >= 0.3 is 0 Å². The summed E-state index contributed by atoms with van der Waals surface area (Å²) in [6.07, 6.45) is 0. The predicted octanol–water partition coefficient (Wildman–Crippen LogP) is 1.19. The first-order valence-electron chi connectivity index (χ1n) is 7.91. The van der Waals surface area contributed by atoms with Crippen LogP contribution in [0.15, 0.2) is 16.0 Å². The fraction of sp³-hybridized carbons (Fsp3) is 0.500. The monoisotopic (exact) mass is 364 g/mol. The molecule has 1 fully saturated rings. The molecule has 134 valence electrons. The Morgan fingerprint density at radius 2 is 2.28 bits per heavy atom. The molecule has 2 aromatic heterocycles. The second kappa shape index (κ2) is 7.32. The number of hydrogen-bond donors (Lipinski definition) is 1. The van der Waals surface area contributed by atoms with Gasteiger partial charge in [-0.15, -0.1) is 11.3 Å². The zero-order chi connectivity index (χ0) is 18.0. The number of aromatic nitrogens is 2. The van der Waals surface area contributed by atoms with Crippen molar-refractivity contribution in [3.05, 3.63) is 33.6 Å². The van der Waals surface area contributed by atoms with Gasteiger partial charge in [-0.05, 0) is 23.9 Å². The Hall–Kier alpha value is -2.26. The van der Waals surface area contributed by atoms with Crippen LogP contribution in [0.25, 0.3) is 0 Å². The lowest BCUT2D eigenvalue weighted by atomic mass is 9.95. The molecule has 2 aromatic rings. The normalized spacial score (nSPS) is 20.0. The Labute approximate surface area is 149 Å². The van der Waals surface area contributed by atoms with Crippen molar-refractivity contribution in [1.29, 1.82) is 0 Å². The van der Waals surface area contributed by atoms with Crippen molar-refractivity contribution >= 4 is 23.2 Å². The molecule has 25 heavy (non-hydrogen) atoms. The first kappa shape index (κ1) is 17.6. The lowest BCUT2D eigenvalue weighted by molar-refractivity contribution is -0.124. The molecular formula is C16H20N4O4S. The van der Waals surface area contributed by atoms with Gasteiger partial charge < -0.3 is 19.5 Å². The highest BCUT2D eigenvalue weighted by Crippen LogP contribution is 2.33. The minimum Gasteiger partial charge on any atom is -0.377 e. The summed E-state index contributed by atoms with van der Waals surface area (Å²) in [4.78, 5) is 31.8. The second-order valence-corrected chi connectivity index (χ2v) is 6.87. The van der Waals surface area contributed by atoms with Gasteiger partial charge in [-0.2, -0.15) is 4.98 Å². The molecule has 1 saturated heterocycles. The van der Waals surface area contributed by atoms with Crippen molar-refractivity contribution in [2.24, 2.45) is 5.92 Å². The predicted molar refractivity (Wildman–Crippen MR) is 90.3 cm³/mol. The molecule has 0 aliphatic carbocycles. The Morgan fingerprint density at radius 3 is 2.92 bits per heavy atom. The van der Waals surface area contributed by atoms with Gasteiger partial charge in [0, 0.05) is 27.2 Å². The van der Waals surface area contributed by atoms with Crippen molar-refractivity contribution in [3.63, 3.8) is 0 Å². The van der Waals surface area contributed by atoms with Crippen LogP contribution in [0, 0.1) is 12.8 Å². The molecule has 0 unspecified atom stereocenters. The number of nitrogens with zero attached hydrogens (tertiary/aromatic N) is 3. The number of amides is 2. The summed E-state index contributed by atoms with van der Waals surface area (Å²) in [5.41, 5.74) is 0.940. The summed E-state index contributed by atoms with van der Waals surface area (Å²) in [7, 11) is 3.13. The SMILES string of the molecule is CNC(=O)[C@@H]1CN(C(=O)c2sccc2C)C[C@H]1c1nc(COC)no1. The summed E-state index contributed by atoms with van der Waals surface area (Å²) in [5, 5.41) is 8.41. The van der Waals surface area contributed by atoms with Crippen LogP contribution >= 0.6 is 11.3 Å². The zero-order valence-corrected chi connectivity index (χ0v) is 15.1. The number of carbonyl (C=O) groups excluding carboxylic acids is 2. The van der Waals surface area contributed by atoms with E-state index in [4.69, 9.17) is 9.26 Å². The smallest absolute Gasteiger partial charge is 0.264 e. The fourth-order valence-electron chi connectivity index (χ4n) is 3.01. The van der Waals surface area contributed by atoms with Crippen molar-refractivity contribution in [2.45, 2.75) is 19.4 Å². The van der Waals surface area contributed by atoms with Gasteiger partial charge in [-0.1, -0.05) is 5.16 Å². The molecule has 3 rings (SSSR count). The minimum absolute atomic E-state index is 0.0690. The quantitative estimate of drug-likeness (QED) is 0.856. The fourth-order valence-corrected chi connectivity index (χ4v) is 3.90. The summed E-state index contributed by atoms with van der Waals surface area (Å²) in [5.74, 6) is -0.187. The third kappa shape index (κ3) is 3.42. The van der Waals surface area contributed by atoms with E-state index in [9.17, 15) is 9.59 Å². The van der Waals surface area contributed by atoms with E-state index in [0.717, 1.165) is 5.56 Å². The standard InChI is InChI=1S/C16H20N4O4S/c1-9-4-5-25-13(9)16(22)20-6-10(14(21)17-2)11(7-20)15-18-12(8-23-3)19-24-15/h4-5,10-11H,6-8H2,1-3H3,(H,17,21)/t10-,11-/m1/s1. The molecule has 0 saturated carbocycles. The molecule has 2 amide bonds. The third-order valence-corrected chi connectivity index (χ3v) is 5.33. The molecule has 0 spiro atoms. The number of nitrogens with one attached hydrogen (secondary N) is 1. The molecule has 3 heterocycles. The van der Waals surface area contributed by atoms with Gasteiger partial charge in [-0.3, -0.25) is 9.59 Å². The van der Waals surface area contributed by atoms with Gasteiger partial charge in [0.2, 0.25) is 11.8 Å². The number of carbonyl (C=O) groups is 2. The number of hydrogen-bond acceptors (Lipinski definition) is 7. The van der Waals surface area contributed by atoms with Gasteiger partial charge in [0.15, 0.2) is 5.82 Å². The third-order valence-electron chi connectivity index (χ3n) is 4.32. The van der Waals surface area contributed by atoms with Crippen LogP contribution < -0.4 is 5.32 Å². The number of thiophene rings is 1. The van der Waals surface area contributed by atoms with Gasteiger partial charge in [0.1, 0.15) is 6.61 Å². The molecule has 1 aliphatic heterocycles. The molecule has 1 aliphatic rings. The molecule has 0 radical (unpaired) electrons. The summed E-state index contributed by atoms with van der Waals surface area (Å²) < 4.78 is 10.3. The van der Waals surface area contributed by atoms with E-state index in [0.29, 0.717) is 29.7 Å². The maximum Gasteiger partial charge on any atom is 0.264 e. The van der Waals surface area contributed by atoms with Crippen LogP contribution in [0.3, 0.4) is 0 Å². The van der Waals surface area contributed by atoms with E-state index in [1.807, 2.05) is 18.4 Å². The van der Waals surface area contributed by atoms with Crippen LogP contribution in [0.2, 0.25) is 0 Å². The molecule has 0 aromatic carbocycles. The first-order chi connectivity index (χ1) is 12.0. The second-order valence-electron chi connectivity index (χ2n) is 5.95. The van der Waals surface area contributed by atoms with Crippen molar-refractivity contribution < 1.29 is 18.8 Å². The Morgan fingerprint density at radius 1 is 1.48 bits per heavy atom. The van der Waals surface area contributed by atoms with Crippen LogP contribution in [0.5, 0.6) is 0 Å². The molecule has 0 bridgehead atoms. The maximum atomic E-state index is 12.8. The topological polar surface area (TPSA) is 97.6 Å². The molecule has 2 atom stereocenters. The largest absolute Gasteiger partial charge is 0.377 e. The number of ether oxygens (including phenoxy) is 1. The summed E-state index contributed by atoms with van der Waals surface area (Å²) in [6.45, 7) is 2.83. The van der Waals surface area contributed by atoms with Gasteiger partial charge in [0.25, 0.3) is 5.91 Å². The lowest BCUT2D eigenvalue weighted by Crippen LogP contribution is -2.33. The van der Waals surface area contributed by atoms with Crippen LogP contribution in [-0.2, 0) is 16.1 Å². The number of methoxy groups -OCH3 is 1. The van der Waals surface area contributed by atoms with Crippen molar-refractivity contribution in [3.8, 4) is 0 Å². The first-order valence-corrected chi connectivity index (χ1v) is 8.79. The number of rotatable bonds is 5. The van der Waals surface area contributed by atoms with E-state index >= 15 is 0 Å². The highest BCUT2D eigenvalue weighted by Gasteiger charge is 2.43.